The summed E-state index contributed by atoms with van der Waals surface area (Å²) >= 11 is 0. The Morgan fingerprint density at radius 2 is 2.00 bits per heavy atom. The molecule has 0 aromatic heterocycles. The van der Waals surface area contributed by atoms with Crippen molar-refractivity contribution >= 4 is 11.8 Å². The zero-order chi connectivity index (χ0) is 12.6. The fourth-order valence-electron chi connectivity index (χ4n) is 2.52. The lowest BCUT2D eigenvalue weighted by Crippen LogP contribution is -2.38. The first kappa shape index (κ1) is 11.8. The zero-order valence-corrected chi connectivity index (χ0v) is 10.3. The highest BCUT2D eigenvalue weighted by atomic mass is 16.5. The van der Waals surface area contributed by atoms with Gasteiger partial charge in [-0.2, -0.15) is 0 Å². The van der Waals surface area contributed by atoms with E-state index in [1.807, 2.05) is 32.0 Å². The molecule has 3 nitrogen and oxygen atoms in total. The second-order valence-electron chi connectivity index (χ2n) is 5.07. The molecule has 2 rings (SSSR count). The van der Waals surface area contributed by atoms with Crippen LogP contribution in [0.1, 0.15) is 36.2 Å². The van der Waals surface area contributed by atoms with Gasteiger partial charge in [-0.3, -0.25) is 9.59 Å². The number of rotatable bonds is 1. The van der Waals surface area contributed by atoms with Crippen molar-refractivity contribution in [1.29, 1.82) is 0 Å². The van der Waals surface area contributed by atoms with E-state index in [4.69, 9.17) is 4.74 Å². The molecule has 17 heavy (non-hydrogen) atoms. The summed E-state index contributed by atoms with van der Waals surface area (Å²) in [4.78, 5) is 23.8. The number of benzene rings is 1. The molecule has 0 N–H and O–H groups in total. The van der Waals surface area contributed by atoms with E-state index in [0.717, 1.165) is 5.56 Å². The van der Waals surface area contributed by atoms with E-state index in [2.05, 4.69) is 0 Å². The highest BCUT2D eigenvalue weighted by Crippen LogP contribution is 2.39. The Hall–Kier alpha value is -1.64. The Bertz CT molecular complexity index is 474. The van der Waals surface area contributed by atoms with E-state index in [-0.39, 0.29) is 11.2 Å². The Labute approximate surface area is 101 Å². The summed E-state index contributed by atoms with van der Waals surface area (Å²) in [5.41, 5.74) is 1.49. The number of methoxy groups -OCH3 is 1. The molecule has 0 fully saturated rings. The molecule has 1 aliphatic carbocycles. The third-order valence-corrected chi connectivity index (χ3v) is 3.44. The number of carbonyl (C=O) groups excluding carboxylic acids is 2. The molecule has 0 bridgehead atoms. The second-order valence-corrected chi connectivity index (χ2v) is 5.07. The molecular formula is C14H16O3. The molecule has 90 valence electrons. The summed E-state index contributed by atoms with van der Waals surface area (Å²) in [7, 11) is 1.32. The maximum atomic E-state index is 12.2. The normalized spacial score (nSPS) is 21.8. The molecule has 1 aromatic rings. The van der Waals surface area contributed by atoms with Gasteiger partial charge in [-0.05, 0) is 17.4 Å². The molecule has 0 amide bonds. The number of carbonyl (C=O) groups is 2. The molecule has 3 heteroatoms. The van der Waals surface area contributed by atoms with Crippen molar-refractivity contribution < 1.29 is 14.3 Å². The first-order chi connectivity index (χ1) is 7.97. The molecule has 0 saturated heterocycles. The van der Waals surface area contributed by atoms with Gasteiger partial charge in [-0.1, -0.05) is 38.1 Å². The van der Waals surface area contributed by atoms with Crippen molar-refractivity contribution in [3.8, 4) is 0 Å². The largest absolute Gasteiger partial charge is 0.468 e. The summed E-state index contributed by atoms with van der Waals surface area (Å²) in [6, 6.07) is 7.49. The summed E-state index contributed by atoms with van der Waals surface area (Å²) in [6.45, 7) is 4.10. The molecular weight excluding hydrogens is 216 g/mol. The Kier molecular flexibility index (Phi) is 2.77. The van der Waals surface area contributed by atoms with Crippen molar-refractivity contribution in [2.75, 3.05) is 7.11 Å². The van der Waals surface area contributed by atoms with Gasteiger partial charge in [-0.25, -0.2) is 0 Å². The van der Waals surface area contributed by atoms with Crippen LogP contribution in [0.25, 0.3) is 0 Å². The summed E-state index contributed by atoms with van der Waals surface area (Å²) in [5, 5.41) is 0. The van der Waals surface area contributed by atoms with E-state index in [1.54, 1.807) is 6.07 Å². The van der Waals surface area contributed by atoms with Crippen molar-refractivity contribution in [2.45, 2.75) is 25.7 Å². The van der Waals surface area contributed by atoms with Crippen molar-refractivity contribution in [2.24, 2.45) is 5.92 Å². The van der Waals surface area contributed by atoms with Crippen molar-refractivity contribution in [3.63, 3.8) is 0 Å². The van der Waals surface area contributed by atoms with Crippen LogP contribution in [0.2, 0.25) is 0 Å². The molecule has 0 saturated carbocycles. The molecule has 0 spiro atoms. The number of hydrogen-bond donors (Lipinski definition) is 0. The number of Topliss-reactive ketones (excluding diaryl/α,β-unsaturated/α-hetero) is 1. The van der Waals surface area contributed by atoms with Gasteiger partial charge in [-0.15, -0.1) is 0 Å². The third kappa shape index (κ3) is 1.86. The molecule has 1 unspecified atom stereocenters. The van der Waals surface area contributed by atoms with Crippen LogP contribution in [0.15, 0.2) is 24.3 Å². The Morgan fingerprint density at radius 1 is 1.35 bits per heavy atom. The van der Waals surface area contributed by atoms with E-state index < -0.39 is 11.9 Å². The van der Waals surface area contributed by atoms with Crippen LogP contribution in [-0.2, 0) is 14.9 Å². The second kappa shape index (κ2) is 3.99. The fraction of sp³-hybridized carbons (Fsp3) is 0.429. The number of ketones is 1. The van der Waals surface area contributed by atoms with Crippen molar-refractivity contribution in [1.82, 2.24) is 0 Å². The van der Waals surface area contributed by atoms with Crippen LogP contribution in [0.4, 0.5) is 0 Å². The standard InChI is InChI=1S/C14H16O3/c1-14(2)8-10(13(16)17-3)12(15)9-6-4-5-7-11(9)14/h4-7,10H,8H2,1-3H3. The lowest BCUT2D eigenvalue weighted by atomic mass is 9.68. The quantitative estimate of drug-likeness (QED) is 0.551. The van der Waals surface area contributed by atoms with Gasteiger partial charge >= 0.3 is 5.97 Å². The lowest BCUT2D eigenvalue weighted by molar-refractivity contribution is -0.144. The van der Waals surface area contributed by atoms with E-state index in [0.29, 0.717) is 12.0 Å². The fourth-order valence-corrected chi connectivity index (χ4v) is 2.52. The van der Waals surface area contributed by atoms with E-state index in [9.17, 15) is 9.59 Å². The summed E-state index contributed by atoms with van der Waals surface area (Å²) in [6.07, 6.45) is 0.509. The molecule has 0 aliphatic heterocycles. The van der Waals surface area contributed by atoms with E-state index in [1.165, 1.54) is 7.11 Å². The predicted molar refractivity (Wildman–Crippen MR) is 63.9 cm³/mol. The van der Waals surface area contributed by atoms with Crippen LogP contribution in [0.3, 0.4) is 0 Å². The van der Waals surface area contributed by atoms with Crippen LogP contribution in [0, 0.1) is 5.92 Å². The van der Waals surface area contributed by atoms with Gasteiger partial charge in [0.15, 0.2) is 5.78 Å². The van der Waals surface area contributed by atoms with Gasteiger partial charge in [0, 0.05) is 5.56 Å². The first-order valence-electron chi connectivity index (χ1n) is 5.69. The number of fused-ring (bicyclic) bond motifs is 1. The molecule has 1 atom stereocenters. The molecule has 1 aliphatic rings. The minimum atomic E-state index is -0.662. The lowest BCUT2D eigenvalue weighted by Gasteiger charge is -2.35. The number of ether oxygens (including phenoxy) is 1. The molecule has 0 radical (unpaired) electrons. The topological polar surface area (TPSA) is 43.4 Å². The third-order valence-electron chi connectivity index (χ3n) is 3.44. The predicted octanol–water partition coefficient (Wildman–Crippen LogP) is 2.34. The monoisotopic (exact) mass is 232 g/mol. The minimum absolute atomic E-state index is 0.119. The minimum Gasteiger partial charge on any atom is -0.468 e. The highest BCUT2D eigenvalue weighted by Gasteiger charge is 2.42. The molecule has 0 heterocycles. The first-order valence-corrected chi connectivity index (χ1v) is 5.69. The highest BCUT2D eigenvalue weighted by molar-refractivity contribution is 6.10. The van der Waals surface area contributed by atoms with E-state index >= 15 is 0 Å². The number of hydrogen-bond acceptors (Lipinski definition) is 3. The average molecular weight is 232 g/mol. The maximum absolute atomic E-state index is 12.2. The Balaban J connectivity index is 2.51. The van der Waals surface area contributed by atoms with Gasteiger partial charge < -0.3 is 4.74 Å². The smallest absolute Gasteiger partial charge is 0.316 e. The average Bonchev–Trinajstić information content (AvgIpc) is 2.33. The van der Waals surface area contributed by atoms with Crippen LogP contribution < -0.4 is 0 Å². The van der Waals surface area contributed by atoms with Crippen LogP contribution >= 0.6 is 0 Å². The van der Waals surface area contributed by atoms with Gasteiger partial charge in [0.05, 0.1) is 7.11 Å². The van der Waals surface area contributed by atoms with Crippen molar-refractivity contribution in [3.05, 3.63) is 35.4 Å². The van der Waals surface area contributed by atoms with Gasteiger partial charge in [0.2, 0.25) is 0 Å². The SMILES string of the molecule is COC(=O)C1CC(C)(C)c2ccccc2C1=O. The maximum Gasteiger partial charge on any atom is 0.316 e. The number of esters is 1. The van der Waals surface area contributed by atoms with Gasteiger partial charge in [0.25, 0.3) is 0 Å². The summed E-state index contributed by atoms with van der Waals surface area (Å²) in [5.74, 6) is -1.21. The van der Waals surface area contributed by atoms with Gasteiger partial charge in [0.1, 0.15) is 5.92 Å². The zero-order valence-electron chi connectivity index (χ0n) is 10.3. The summed E-state index contributed by atoms with van der Waals surface area (Å²) < 4.78 is 4.71. The molecule has 1 aromatic carbocycles. The Morgan fingerprint density at radius 3 is 2.65 bits per heavy atom. The van der Waals surface area contributed by atoms with Crippen LogP contribution in [0.5, 0.6) is 0 Å². The van der Waals surface area contributed by atoms with Crippen LogP contribution in [-0.4, -0.2) is 18.9 Å².